The maximum Gasteiger partial charge on any atom is 0.339 e. The summed E-state index contributed by atoms with van der Waals surface area (Å²) in [6.45, 7) is 2.10. The fraction of sp³-hybridized carbons (Fsp3) is 0.0952. The number of halogens is 3. The molecule has 3 rings (SSSR count). The Balaban J connectivity index is 1.83. The van der Waals surface area contributed by atoms with Crippen LogP contribution in [0.25, 0.3) is 0 Å². The number of aliphatic imine (C=N–C) groups is 1. The van der Waals surface area contributed by atoms with E-state index in [-0.39, 0.29) is 10.6 Å². The summed E-state index contributed by atoms with van der Waals surface area (Å²) < 4.78 is 31.3. The summed E-state index contributed by atoms with van der Waals surface area (Å²) in [7, 11) is -4.00. The lowest BCUT2D eigenvalue weighted by molar-refractivity contribution is 0.483. The highest BCUT2D eigenvalue weighted by atomic mass is 79.9. The van der Waals surface area contributed by atoms with Gasteiger partial charge in [-0.2, -0.15) is 8.42 Å². The van der Waals surface area contributed by atoms with Crippen LogP contribution in [0.4, 0.5) is 5.69 Å². The standard InChI is InChI=1S/C21H16Br2ClNO3S/c1-2-14-3-7-17(8-4-14)25-13-15-11-19(22)21(20(23)12-15)28-29(26,27)18-9-5-16(24)6-10-18/h3-13H,2H2,1H3. The largest absolute Gasteiger partial charge is 0.377 e. The zero-order valence-electron chi connectivity index (χ0n) is 15.3. The van der Waals surface area contributed by atoms with Gasteiger partial charge in [-0.15, -0.1) is 0 Å². The second-order valence-electron chi connectivity index (χ2n) is 6.08. The Morgan fingerprint density at radius 3 is 2.14 bits per heavy atom. The molecular weight excluding hydrogens is 542 g/mol. The molecule has 0 spiro atoms. The molecule has 4 nitrogen and oxygen atoms in total. The first-order valence-corrected chi connectivity index (χ1v) is 12.0. The van der Waals surface area contributed by atoms with Gasteiger partial charge in [0.1, 0.15) is 4.90 Å². The van der Waals surface area contributed by atoms with E-state index in [1.807, 2.05) is 24.3 Å². The van der Waals surface area contributed by atoms with Gasteiger partial charge < -0.3 is 4.18 Å². The third kappa shape index (κ3) is 5.69. The molecule has 0 radical (unpaired) electrons. The topological polar surface area (TPSA) is 55.7 Å². The van der Waals surface area contributed by atoms with Crippen LogP contribution < -0.4 is 4.18 Å². The van der Waals surface area contributed by atoms with Gasteiger partial charge in [0.05, 0.1) is 14.6 Å². The fourth-order valence-corrected chi connectivity index (χ4v) is 5.15. The van der Waals surface area contributed by atoms with Gasteiger partial charge in [0.25, 0.3) is 0 Å². The summed E-state index contributed by atoms with van der Waals surface area (Å²) in [5, 5.41) is 0.444. The van der Waals surface area contributed by atoms with E-state index in [1.54, 1.807) is 18.3 Å². The fourth-order valence-electron chi connectivity index (χ4n) is 2.46. The number of nitrogens with zero attached hydrogens (tertiary/aromatic N) is 1. The van der Waals surface area contributed by atoms with Crippen LogP contribution in [0.2, 0.25) is 5.02 Å². The van der Waals surface area contributed by atoms with Crippen LogP contribution in [-0.2, 0) is 16.5 Å². The Kier molecular flexibility index (Phi) is 7.16. The lowest BCUT2D eigenvalue weighted by atomic mass is 10.1. The van der Waals surface area contributed by atoms with Gasteiger partial charge in [0.15, 0.2) is 5.75 Å². The van der Waals surface area contributed by atoms with Gasteiger partial charge in [-0.05, 0) is 97.9 Å². The Morgan fingerprint density at radius 1 is 1.00 bits per heavy atom. The Hall–Kier alpha value is -1.67. The van der Waals surface area contributed by atoms with E-state index in [9.17, 15) is 8.42 Å². The minimum Gasteiger partial charge on any atom is -0.377 e. The molecule has 0 fully saturated rings. The number of aryl methyl sites for hydroxylation is 1. The highest BCUT2D eigenvalue weighted by Crippen LogP contribution is 2.36. The summed E-state index contributed by atoms with van der Waals surface area (Å²) in [6.07, 6.45) is 2.68. The minimum atomic E-state index is -4.00. The van der Waals surface area contributed by atoms with Gasteiger partial charge in [-0.3, -0.25) is 4.99 Å². The monoisotopic (exact) mass is 555 g/mol. The zero-order chi connectivity index (χ0) is 21.0. The summed E-state index contributed by atoms with van der Waals surface area (Å²) in [5.74, 6) is 0.157. The van der Waals surface area contributed by atoms with E-state index in [0.29, 0.717) is 14.0 Å². The Labute approximate surface area is 192 Å². The number of benzene rings is 3. The van der Waals surface area contributed by atoms with E-state index in [1.165, 1.54) is 29.8 Å². The van der Waals surface area contributed by atoms with Crippen molar-refractivity contribution in [2.75, 3.05) is 0 Å². The highest BCUT2D eigenvalue weighted by molar-refractivity contribution is 9.11. The van der Waals surface area contributed by atoms with Crippen LogP contribution >= 0.6 is 43.5 Å². The van der Waals surface area contributed by atoms with Crippen molar-refractivity contribution in [3.8, 4) is 5.75 Å². The normalized spacial score (nSPS) is 11.7. The molecule has 0 aromatic heterocycles. The van der Waals surface area contributed by atoms with E-state index in [0.717, 1.165) is 17.7 Å². The van der Waals surface area contributed by atoms with Crippen LogP contribution in [-0.4, -0.2) is 14.6 Å². The average molecular weight is 558 g/mol. The molecule has 0 unspecified atom stereocenters. The van der Waals surface area contributed by atoms with Crippen molar-refractivity contribution in [1.29, 1.82) is 0 Å². The van der Waals surface area contributed by atoms with Crippen molar-refractivity contribution in [3.05, 3.63) is 85.8 Å². The SMILES string of the molecule is CCc1ccc(N=Cc2cc(Br)c(OS(=O)(=O)c3ccc(Cl)cc3)c(Br)c2)cc1. The van der Waals surface area contributed by atoms with Crippen molar-refractivity contribution < 1.29 is 12.6 Å². The molecule has 0 saturated heterocycles. The minimum absolute atomic E-state index is 0.0156. The average Bonchev–Trinajstić information content (AvgIpc) is 2.70. The number of rotatable bonds is 6. The lowest BCUT2D eigenvalue weighted by Crippen LogP contribution is -2.10. The molecule has 0 bridgehead atoms. The van der Waals surface area contributed by atoms with E-state index in [4.69, 9.17) is 15.8 Å². The summed E-state index contributed by atoms with van der Waals surface area (Å²) in [4.78, 5) is 4.47. The lowest BCUT2D eigenvalue weighted by Gasteiger charge is -2.11. The molecule has 0 aliphatic heterocycles. The first-order chi connectivity index (χ1) is 13.8. The number of hydrogen-bond acceptors (Lipinski definition) is 4. The second-order valence-corrected chi connectivity index (χ2v) is 9.77. The molecule has 0 aliphatic rings. The molecule has 0 amide bonds. The number of hydrogen-bond donors (Lipinski definition) is 0. The van der Waals surface area contributed by atoms with E-state index in [2.05, 4.69) is 43.8 Å². The predicted octanol–water partition coefficient (Wildman–Crippen LogP) is 6.95. The van der Waals surface area contributed by atoms with Crippen molar-refractivity contribution in [3.63, 3.8) is 0 Å². The smallest absolute Gasteiger partial charge is 0.339 e. The van der Waals surface area contributed by atoms with Gasteiger partial charge in [0.2, 0.25) is 0 Å². The predicted molar refractivity (Wildman–Crippen MR) is 124 cm³/mol. The first kappa shape index (κ1) is 22.0. The van der Waals surface area contributed by atoms with Crippen molar-refractivity contribution >= 4 is 65.5 Å². The molecule has 0 saturated carbocycles. The molecule has 0 N–H and O–H groups in total. The van der Waals surface area contributed by atoms with Crippen LogP contribution in [0, 0.1) is 0 Å². The molecule has 0 aliphatic carbocycles. The van der Waals surface area contributed by atoms with Crippen LogP contribution in [0.3, 0.4) is 0 Å². The summed E-state index contributed by atoms with van der Waals surface area (Å²) in [6, 6.07) is 17.2. The van der Waals surface area contributed by atoms with Crippen molar-refractivity contribution in [1.82, 2.24) is 0 Å². The maximum atomic E-state index is 12.5. The highest BCUT2D eigenvalue weighted by Gasteiger charge is 2.20. The van der Waals surface area contributed by atoms with Gasteiger partial charge in [0, 0.05) is 11.2 Å². The first-order valence-electron chi connectivity index (χ1n) is 8.60. The molecular formula is C21H16Br2ClNO3S. The Morgan fingerprint density at radius 2 is 1.59 bits per heavy atom. The summed E-state index contributed by atoms with van der Waals surface area (Å²) in [5.41, 5.74) is 2.86. The van der Waals surface area contributed by atoms with Gasteiger partial charge >= 0.3 is 10.1 Å². The van der Waals surface area contributed by atoms with Crippen LogP contribution in [0.5, 0.6) is 5.75 Å². The van der Waals surface area contributed by atoms with E-state index < -0.39 is 10.1 Å². The molecule has 29 heavy (non-hydrogen) atoms. The van der Waals surface area contributed by atoms with Crippen LogP contribution in [0.1, 0.15) is 18.1 Å². The molecule has 8 heteroatoms. The zero-order valence-corrected chi connectivity index (χ0v) is 20.0. The van der Waals surface area contributed by atoms with Crippen molar-refractivity contribution in [2.45, 2.75) is 18.2 Å². The molecule has 0 heterocycles. The van der Waals surface area contributed by atoms with E-state index >= 15 is 0 Å². The molecule has 150 valence electrons. The quantitative estimate of drug-likeness (QED) is 0.244. The van der Waals surface area contributed by atoms with Gasteiger partial charge in [-0.1, -0.05) is 30.7 Å². The van der Waals surface area contributed by atoms with Crippen molar-refractivity contribution in [2.24, 2.45) is 4.99 Å². The maximum absolute atomic E-state index is 12.5. The summed E-state index contributed by atoms with van der Waals surface area (Å²) >= 11 is 12.6. The molecule has 0 atom stereocenters. The third-order valence-corrected chi connectivity index (χ3v) is 6.69. The molecule has 3 aromatic carbocycles. The second kappa shape index (κ2) is 9.43. The molecule has 3 aromatic rings. The van der Waals surface area contributed by atoms with Crippen LogP contribution in [0.15, 0.2) is 79.5 Å². The third-order valence-electron chi connectivity index (χ3n) is 4.02. The Bertz CT molecular complexity index is 1120. The van der Waals surface area contributed by atoms with Gasteiger partial charge in [-0.25, -0.2) is 0 Å².